The zero-order chi connectivity index (χ0) is 11.5. The number of hydrogen-bond donors (Lipinski definition) is 0. The SMILES string of the molecule is O=C1ON=C(CCl)/C1=C\c1cccnc1Cl. The van der Waals surface area contributed by atoms with E-state index in [-0.39, 0.29) is 5.88 Å². The van der Waals surface area contributed by atoms with E-state index >= 15 is 0 Å². The first-order valence-electron chi connectivity index (χ1n) is 4.39. The number of nitrogens with zero attached hydrogens (tertiary/aromatic N) is 2. The average molecular weight is 257 g/mol. The van der Waals surface area contributed by atoms with Crippen molar-refractivity contribution in [3.8, 4) is 0 Å². The molecular formula is C10H6Cl2N2O2. The lowest BCUT2D eigenvalue weighted by atomic mass is 10.1. The fraction of sp³-hybridized carbons (Fsp3) is 0.100. The second kappa shape index (κ2) is 4.63. The molecule has 82 valence electrons. The molecule has 1 aliphatic heterocycles. The van der Waals surface area contributed by atoms with E-state index in [1.54, 1.807) is 24.4 Å². The Labute approximate surface area is 102 Å². The van der Waals surface area contributed by atoms with Crippen molar-refractivity contribution in [3.05, 3.63) is 34.6 Å². The minimum absolute atomic E-state index is 0.107. The van der Waals surface area contributed by atoms with Gasteiger partial charge >= 0.3 is 5.97 Å². The molecule has 0 bridgehead atoms. The highest BCUT2D eigenvalue weighted by Crippen LogP contribution is 2.20. The van der Waals surface area contributed by atoms with Gasteiger partial charge in [0.25, 0.3) is 0 Å². The number of hydrogen-bond acceptors (Lipinski definition) is 4. The number of oxime groups is 1. The molecule has 1 aromatic heterocycles. The molecular weight excluding hydrogens is 251 g/mol. The van der Waals surface area contributed by atoms with Crippen molar-refractivity contribution in [3.63, 3.8) is 0 Å². The van der Waals surface area contributed by atoms with Gasteiger partial charge in [-0.05, 0) is 12.1 Å². The van der Waals surface area contributed by atoms with Crippen LogP contribution in [0.15, 0.2) is 29.1 Å². The highest BCUT2D eigenvalue weighted by molar-refractivity contribution is 6.38. The van der Waals surface area contributed by atoms with E-state index in [9.17, 15) is 4.79 Å². The largest absolute Gasteiger partial charge is 0.367 e. The van der Waals surface area contributed by atoms with Crippen LogP contribution in [0.1, 0.15) is 5.56 Å². The molecule has 0 amide bonds. The second-order valence-electron chi connectivity index (χ2n) is 2.99. The molecule has 0 N–H and O–H groups in total. The maximum atomic E-state index is 11.3. The number of rotatable bonds is 2. The third-order valence-corrected chi connectivity index (χ3v) is 2.55. The Hall–Kier alpha value is -1.39. The van der Waals surface area contributed by atoms with Crippen molar-refractivity contribution in [2.24, 2.45) is 5.16 Å². The summed E-state index contributed by atoms with van der Waals surface area (Å²) in [6, 6.07) is 3.45. The molecule has 0 saturated heterocycles. The summed E-state index contributed by atoms with van der Waals surface area (Å²) < 4.78 is 0. The number of halogens is 2. The van der Waals surface area contributed by atoms with E-state index < -0.39 is 5.97 Å². The van der Waals surface area contributed by atoms with Crippen LogP contribution >= 0.6 is 23.2 Å². The standard InChI is InChI=1S/C10H6Cl2N2O2/c11-5-8-7(10(15)16-14-8)4-6-2-1-3-13-9(6)12/h1-4H,5H2/b7-4+. The van der Waals surface area contributed by atoms with Crippen LogP contribution in [0.25, 0.3) is 6.08 Å². The zero-order valence-electron chi connectivity index (χ0n) is 7.98. The number of alkyl halides is 1. The van der Waals surface area contributed by atoms with Crippen LogP contribution in [0.3, 0.4) is 0 Å². The normalized spacial score (nSPS) is 17.5. The summed E-state index contributed by atoms with van der Waals surface area (Å²) in [6.07, 6.45) is 3.12. The van der Waals surface area contributed by atoms with Crippen LogP contribution < -0.4 is 0 Å². The van der Waals surface area contributed by atoms with Gasteiger partial charge in [-0.25, -0.2) is 9.78 Å². The van der Waals surface area contributed by atoms with Gasteiger partial charge in [0.1, 0.15) is 10.9 Å². The first-order chi connectivity index (χ1) is 7.72. The Kier molecular flexibility index (Phi) is 3.22. The van der Waals surface area contributed by atoms with Crippen molar-refractivity contribution in [2.45, 2.75) is 0 Å². The quantitative estimate of drug-likeness (QED) is 0.353. The van der Waals surface area contributed by atoms with Gasteiger partial charge in [-0.2, -0.15) is 0 Å². The van der Waals surface area contributed by atoms with E-state index in [1.165, 1.54) is 0 Å². The highest BCUT2D eigenvalue weighted by atomic mass is 35.5. The molecule has 0 atom stereocenters. The second-order valence-corrected chi connectivity index (χ2v) is 3.62. The molecule has 4 nitrogen and oxygen atoms in total. The van der Waals surface area contributed by atoms with Crippen LogP contribution in [-0.2, 0) is 9.63 Å². The maximum Gasteiger partial charge on any atom is 0.367 e. The Balaban J connectivity index is 2.41. The van der Waals surface area contributed by atoms with Gasteiger partial charge in [-0.1, -0.05) is 22.8 Å². The third-order valence-electron chi connectivity index (χ3n) is 1.98. The first kappa shape index (κ1) is 11.1. The maximum absolute atomic E-state index is 11.3. The molecule has 0 aromatic carbocycles. The van der Waals surface area contributed by atoms with Gasteiger partial charge in [0.15, 0.2) is 0 Å². The average Bonchev–Trinajstić information content (AvgIpc) is 2.63. The molecule has 1 aliphatic rings. The van der Waals surface area contributed by atoms with Gasteiger partial charge in [0, 0.05) is 11.8 Å². The number of carbonyl (C=O) groups excluding carboxylic acids is 1. The third kappa shape index (κ3) is 2.08. The Morgan fingerprint density at radius 2 is 2.31 bits per heavy atom. The molecule has 0 unspecified atom stereocenters. The van der Waals surface area contributed by atoms with Crippen molar-refractivity contribution >= 4 is 41.0 Å². The van der Waals surface area contributed by atoms with Crippen molar-refractivity contribution in [2.75, 3.05) is 5.88 Å². The molecule has 0 fully saturated rings. The molecule has 16 heavy (non-hydrogen) atoms. The van der Waals surface area contributed by atoms with Crippen LogP contribution in [0, 0.1) is 0 Å². The van der Waals surface area contributed by atoms with Crippen molar-refractivity contribution < 1.29 is 9.63 Å². The van der Waals surface area contributed by atoms with Gasteiger partial charge < -0.3 is 4.84 Å². The van der Waals surface area contributed by atoms with Crippen molar-refractivity contribution in [1.29, 1.82) is 0 Å². The smallest absolute Gasteiger partial charge is 0.312 e. The molecule has 0 saturated carbocycles. The van der Waals surface area contributed by atoms with E-state index in [1.807, 2.05) is 0 Å². The summed E-state index contributed by atoms with van der Waals surface area (Å²) in [7, 11) is 0. The Bertz CT molecular complexity index is 497. The predicted molar refractivity (Wildman–Crippen MR) is 61.5 cm³/mol. The van der Waals surface area contributed by atoms with Gasteiger partial charge in [-0.3, -0.25) is 0 Å². The van der Waals surface area contributed by atoms with Crippen LogP contribution in [0.4, 0.5) is 0 Å². The van der Waals surface area contributed by atoms with E-state index in [4.69, 9.17) is 23.2 Å². The van der Waals surface area contributed by atoms with Crippen LogP contribution in [0.2, 0.25) is 5.15 Å². The number of pyridine rings is 1. The molecule has 0 spiro atoms. The minimum atomic E-state index is -0.532. The van der Waals surface area contributed by atoms with E-state index in [2.05, 4.69) is 15.0 Å². The molecule has 0 radical (unpaired) electrons. The monoisotopic (exact) mass is 256 g/mol. The van der Waals surface area contributed by atoms with Gasteiger partial charge in [-0.15, -0.1) is 11.6 Å². The number of aromatic nitrogens is 1. The fourth-order valence-corrected chi connectivity index (χ4v) is 1.58. The van der Waals surface area contributed by atoms with Gasteiger partial charge in [0.2, 0.25) is 0 Å². The summed E-state index contributed by atoms with van der Waals surface area (Å²) in [5.74, 6) is -0.425. The fourth-order valence-electron chi connectivity index (χ4n) is 1.21. The lowest BCUT2D eigenvalue weighted by Gasteiger charge is -1.98. The molecule has 0 aliphatic carbocycles. The summed E-state index contributed by atoms with van der Waals surface area (Å²) in [6.45, 7) is 0. The molecule has 2 heterocycles. The zero-order valence-corrected chi connectivity index (χ0v) is 9.50. The summed E-state index contributed by atoms with van der Waals surface area (Å²) in [4.78, 5) is 19.7. The summed E-state index contributed by atoms with van der Waals surface area (Å²) in [5.41, 5.74) is 1.33. The van der Waals surface area contributed by atoms with Crippen LogP contribution in [-0.4, -0.2) is 22.5 Å². The Morgan fingerprint density at radius 3 is 3.00 bits per heavy atom. The lowest BCUT2D eigenvalue weighted by molar-refractivity contribution is -0.136. The lowest BCUT2D eigenvalue weighted by Crippen LogP contribution is -2.06. The van der Waals surface area contributed by atoms with Crippen LogP contribution in [0.5, 0.6) is 0 Å². The molecule has 1 aromatic rings. The van der Waals surface area contributed by atoms with Crippen molar-refractivity contribution in [1.82, 2.24) is 4.98 Å². The summed E-state index contributed by atoms with van der Waals surface area (Å²) in [5, 5.41) is 3.85. The van der Waals surface area contributed by atoms with E-state index in [0.29, 0.717) is 22.0 Å². The summed E-state index contributed by atoms with van der Waals surface area (Å²) >= 11 is 11.5. The predicted octanol–water partition coefficient (Wildman–Crippen LogP) is 2.27. The first-order valence-corrected chi connectivity index (χ1v) is 5.30. The number of carbonyl (C=O) groups is 1. The minimum Gasteiger partial charge on any atom is -0.312 e. The van der Waals surface area contributed by atoms with E-state index in [0.717, 1.165) is 0 Å². The molecule has 6 heteroatoms. The highest BCUT2D eigenvalue weighted by Gasteiger charge is 2.24. The molecule has 2 rings (SSSR count). The topological polar surface area (TPSA) is 51.5 Å². The van der Waals surface area contributed by atoms with Gasteiger partial charge in [0.05, 0.1) is 11.5 Å². The Morgan fingerprint density at radius 1 is 1.50 bits per heavy atom.